The highest BCUT2D eigenvalue weighted by Gasteiger charge is 2.28. The predicted molar refractivity (Wildman–Crippen MR) is 103 cm³/mol. The summed E-state index contributed by atoms with van der Waals surface area (Å²) < 4.78 is 10.5. The van der Waals surface area contributed by atoms with Crippen molar-refractivity contribution in [1.29, 1.82) is 0 Å². The lowest BCUT2D eigenvalue weighted by Crippen LogP contribution is -2.41. The van der Waals surface area contributed by atoms with Gasteiger partial charge >= 0.3 is 6.09 Å². The highest BCUT2D eigenvalue weighted by atomic mass is 16.6. The van der Waals surface area contributed by atoms with Gasteiger partial charge in [-0.3, -0.25) is 4.79 Å². The number of carbonyl (C=O) groups is 2. The molecule has 3 rings (SSSR count). The Balaban J connectivity index is 1.43. The van der Waals surface area contributed by atoms with Crippen molar-refractivity contribution in [2.24, 2.45) is 5.92 Å². The average Bonchev–Trinajstić information content (AvgIpc) is 2.73. The second-order valence-electron chi connectivity index (χ2n) is 6.52. The van der Waals surface area contributed by atoms with Crippen LogP contribution in [-0.4, -0.2) is 37.1 Å². The first-order chi connectivity index (χ1) is 13.2. The second-order valence-corrected chi connectivity index (χ2v) is 6.52. The minimum absolute atomic E-state index is 0.0162. The Kier molecular flexibility index (Phi) is 6.30. The molecular weight excluding hydrogens is 344 g/mol. The van der Waals surface area contributed by atoms with Crippen LogP contribution in [0, 0.1) is 5.92 Å². The quantitative estimate of drug-likeness (QED) is 0.874. The van der Waals surface area contributed by atoms with E-state index in [0.717, 1.165) is 17.0 Å². The molecule has 0 bridgehead atoms. The number of carbonyl (C=O) groups excluding carboxylic acids is 2. The molecule has 1 N–H and O–H groups in total. The van der Waals surface area contributed by atoms with Gasteiger partial charge < -0.3 is 19.7 Å². The van der Waals surface area contributed by atoms with Crippen LogP contribution in [0.4, 0.5) is 10.5 Å². The SMILES string of the molecule is COc1ccc(NC(=O)C2CCN(C(=O)OCc3ccccc3)CC2)cc1. The maximum atomic E-state index is 12.4. The van der Waals surface area contributed by atoms with Gasteiger partial charge in [-0.15, -0.1) is 0 Å². The van der Waals surface area contributed by atoms with Crippen LogP contribution in [0.2, 0.25) is 0 Å². The van der Waals surface area contributed by atoms with E-state index >= 15 is 0 Å². The third-order valence-corrected chi connectivity index (χ3v) is 4.69. The lowest BCUT2D eigenvalue weighted by atomic mass is 9.96. The van der Waals surface area contributed by atoms with Gasteiger partial charge in [-0.1, -0.05) is 30.3 Å². The third kappa shape index (κ3) is 5.23. The molecule has 1 aliphatic rings. The molecule has 142 valence electrons. The number of hydrogen-bond acceptors (Lipinski definition) is 4. The number of rotatable bonds is 5. The summed E-state index contributed by atoms with van der Waals surface area (Å²) in [6, 6.07) is 16.8. The van der Waals surface area contributed by atoms with Crippen molar-refractivity contribution in [1.82, 2.24) is 4.90 Å². The van der Waals surface area contributed by atoms with Crippen molar-refractivity contribution in [2.45, 2.75) is 19.4 Å². The van der Waals surface area contributed by atoms with Crippen LogP contribution < -0.4 is 10.1 Å². The van der Waals surface area contributed by atoms with Gasteiger partial charge in [-0.05, 0) is 42.7 Å². The Morgan fingerprint density at radius 2 is 1.70 bits per heavy atom. The molecule has 6 nitrogen and oxygen atoms in total. The van der Waals surface area contributed by atoms with E-state index in [2.05, 4.69) is 5.32 Å². The zero-order valence-electron chi connectivity index (χ0n) is 15.4. The molecule has 1 heterocycles. The molecule has 1 fully saturated rings. The van der Waals surface area contributed by atoms with Crippen LogP contribution in [0.25, 0.3) is 0 Å². The van der Waals surface area contributed by atoms with Gasteiger partial charge in [-0.2, -0.15) is 0 Å². The molecule has 1 aliphatic heterocycles. The van der Waals surface area contributed by atoms with Gasteiger partial charge in [0.1, 0.15) is 12.4 Å². The van der Waals surface area contributed by atoms with E-state index in [1.165, 1.54) is 0 Å². The van der Waals surface area contributed by atoms with Gasteiger partial charge in [0.2, 0.25) is 5.91 Å². The molecule has 2 aromatic rings. The van der Waals surface area contributed by atoms with Crippen molar-refractivity contribution in [2.75, 3.05) is 25.5 Å². The fraction of sp³-hybridized carbons (Fsp3) is 0.333. The summed E-state index contributed by atoms with van der Waals surface area (Å²) in [5.41, 5.74) is 1.70. The van der Waals surface area contributed by atoms with Crippen molar-refractivity contribution >= 4 is 17.7 Å². The number of piperidine rings is 1. The van der Waals surface area contributed by atoms with Gasteiger partial charge in [0.05, 0.1) is 7.11 Å². The summed E-state index contributed by atoms with van der Waals surface area (Å²) in [4.78, 5) is 26.3. The number of anilines is 1. The number of hydrogen-bond donors (Lipinski definition) is 1. The molecule has 0 aromatic heterocycles. The lowest BCUT2D eigenvalue weighted by molar-refractivity contribution is -0.121. The van der Waals surface area contributed by atoms with Gasteiger partial charge in [-0.25, -0.2) is 4.79 Å². The number of nitrogens with zero attached hydrogens (tertiary/aromatic N) is 1. The van der Waals surface area contributed by atoms with E-state index in [-0.39, 0.29) is 24.5 Å². The van der Waals surface area contributed by atoms with E-state index < -0.39 is 0 Å². The number of ether oxygens (including phenoxy) is 2. The topological polar surface area (TPSA) is 67.9 Å². The summed E-state index contributed by atoms with van der Waals surface area (Å²) >= 11 is 0. The number of nitrogens with one attached hydrogen (secondary N) is 1. The van der Waals surface area contributed by atoms with Crippen LogP contribution >= 0.6 is 0 Å². The van der Waals surface area contributed by atoms with E-state index in [1.54, 1.807) is 24.1 Å². The molecule has 0 saturated carbocycles. The zero-order valence-corrected chi connectivity index (χ0v) is 15.4. The summed E-state index contributed by atoms with van der Waals surface area (Å²) in [6.07, 6.45) is 0.929. The molecular formula is C21H24N2O4. The van der Waals surface area contributed by atoms with Crippen molar-refractivity contribution in [3.63, 3.8) is 0 Å². The van der Waals surface area contributed by atoms with E-state index in [9.17, 15) is 9.59 Å². The number of benzene rings is 2. The first kappa shape index (κ1) is 18.8. The Hall–Kier alpha value is -3.02. The van der Waals surface area contributed by atoms with E-state index in [1.807, 2.05) is 42.5 Å². The lowest BCUT2D eigenvalue weighted by Gasteiger charge is -2.30. The number of amides is 2. The van der Waals surface area contributed by atoms with Crippen molar-refractivity contribution in [3.05, 3.63) is 60.2 Å². The molecule has 0 atom stereocenters. The maximum absolute atomic E-state index is 12.4. The monoisotopic (exact) mass is 368 g/mol. The molecule has 0 radical (unpaired) electrons. The van der Waals surface area contributed by atoms with Crippen molar-refractivity contribution in [3.8, 4) is 5.75 Å². The maximum Gasteiger partial charge on any atom is 0.410 e. The Labute approximate surface area is 159 Å². The molecule has 0 spiro atoms. The average molecular weight is 368 g/mol. The summed E-state index contributed by atoms with van der Waals surface area (Å²) in [7, 11) is 1.60. The zero-order chi connectivity index (χ0) is 19.1. The second kappa shape index (κ2) is 9.07. The number of methoxy groups -OCH3 is 1. The third-order valence-electron chi connectivity index (χ3n) is 4.69. The first-order valence-corrected chi connectivity index (χ1v) is 9.06. The first-order valence-electron chi connectivity index (χ1n) is 9.06. The smallest absolute Gasteiger partial charge is 0.410 e. The fourth-order valence-corrected chi connectivity index (χ4v) is 3.05. The predicted octanol–water partition coefficient (Wildman–Crippen LogP) is 3.68. The van der Waals surface area contributed by atoms with Crippen LogP contribution in [0.1, 0.15) is 18.4 Å². The minimum Gasteiger partial charge on any atom is -0.497 e. The molecule has 0 unspecified atom stereocenters. The Morgan fingerprint density at radius 3 is 2.33 bits per heavy atom. The van der Waals surface area contributed by atoms with Crippen LogP contribution in [0.15, 0.2) is 54.6 Å². The van der Waals surface area contributed by atoms with Crippen LogP contribution in [-0.2, 0) is 16.1 Å². The van der Waals surface area contributed by atoms with E-state index in [4.69, 9.17) is 9.47 Å². The Morgan fingerprint density at radius 1 is 1.04 bits per heavy atom. The van der Waals surface area contributed by atoms with Gasteiger partial charge in [0.25, 0.3) is 0 Å². The standard InChI is InChI=1S/C21H24N2O4/c1-26-19-9-7-18(8-10-19)22-20(24)17-11-13-23(14-12-17)21(25)27-15-16-5-3-2-4-6-16/h2-10,17H,11-15H2,1H3,(H,22,24). The molecule has 1 saturated heterocycles. The minimum atomic E-state index is -0.326. The van der Waals surface area contributed by atoms with Crippen molar-refractivity contribution < 1.29 is 19.1 Å². The molecule has 0 aliphatic carbocycles. The Bertz CT molecular complexity index is 754. The highest BCUT2D eigenvalue weighted by Crippen LogP contribution is 2.21. The fourth-order valence-electron chi connectivity index (χ4n) is 3.05. The van der Waals surface area contributed by atoms with E-state index in [0.29, 0.717) is 25.9 Å². The van der Waals surface area contributed by atoms with Gasteiger partial charge in [0, 0.05) is 24.7 Å². The summed E-state index contributed by atoms with van der Waals surface area (Å²) in [6.45, 7) is 1.31. The summed E-state index contributed by atoms with van der Waals surface area (Å²) in [5, 5.41) is 2.92. The molecule has 2 aromatic carbocycles. The largest absolute Gasteiger partial charge is 0.497 e. The molecule has 6 heteroatoms. The van der Waals surface area contributed by atoms with Crippen LogP contribution in [0.5, 0.6) is 5.75 Å². The molecule has 27 heavy (non-hydrogen) atoms. The van der Waals surface area contributed by atoms with Gasteiger partial charge in [0.15, 0.2) is 0 Å². The van der Waals surface area contributed by atoms with Crippen LogP contribution in [0.3, 0.4) is 0 Å². The summed E-state index contributed by atoms with van der Waals surface area (Å²) in [5.74, 6) is 0.623. The normalized spacial score (nSPS) is 14.5. The number of likely N-dealkylation sites (tertiary alicyclic amines) is 1. The highest BCUT2D eigenvalue weighted by molar-refractivity contribution is 5.92. The molecule has 2 amide bonds.